The lowest BCUT2D eigenvalue weighted by Gasteiger charge is -2.04. The maximum atomic E-state index is 10.2. The van der Waals surface area contributed by atoms with Gasteiger partial charge in [-0.3, -0.25) is 9.98 Å². The van der Waals surface area contributed by atoms with Gasteiger partial charge in [-0.15, -0.1) is 0 Å². The quantitative estimate of drug-likeness (QED) is 0.636. The third-order valence-corrected chi connectivity index (χ3v) is 4.61. The monoisotopic (exact) mass is 404 g/mol. The van der Waals surface area contributed by atoms with Gasteiger partial charge in [0.15, 0.2) is 23.0 Å². The second-order valence-corrected chi connectivity index (χ2v) is 6.53. The molecule has 150 valence electrons. The zero-order valence-corrected chi connectivity index (χ0v) is 15.6. The summed E-state index contributed by atoms with van der Waals surface area (Å²) in [5.41, 5.74) is 2.16. The van der Waals surface area contributed by atoms with Gasteiger partial charge >= 0.3 is 0 Å². The normalized spacial score (nSPS) is 14.1. The van der Waals surface area contributed by atoms with Gasteiger partial charge in [0.1, 0.15) is 11.5 Å². The van der Waals surface area contributed by atoms with Crippen molar-refractivity contribution in [2.24, 2.45) is 9.98 Å². The Balaban J connectivity index is 1.43. The molecule has 2 N–H and O–H groups in total. The van der Waals surface area contributed by atoms with Gasteiger partial charge in [-0.25, -0.2) is 0 Å². The van der Waals surface area contributed by atoms with Crippen molar-refractivity contribution in [3.05, 3.63) is 59.7 Å². The summed E-state index contributed by atoms with van der Waals surface area (Å²) >= 11 is 0. The van der Waals surface area contributed by atoms with Crippen LogP contribution in [0.15, 0.2) is 58.5 Å². The largest absolute Gasteiger partial charge is 0.507 e. The molecule has 0 aromatic heterocycles. The van der Waals surface area contributed by atoms with Gasteiger partial charge in [0.2, 0.25) is 13.6 Å². The molecule has 0 atom stereocenters. The molecule has 30 heavy (non-hydrogen) atoms. The first kappa shape index (κ1) is 17.9. The summed E-state index contributed by atoms with van der Waals surface area (Å²) in [5, 5.41) is 20.4. The number of aromatic hydroxyl groups is 2. The van der Waals surface area contributed by atoms with Crippen molar-refractivity contribution >= 4 is 23.8 Å². The van der Waals surface area contributed by atoms with Crippen LogP contribution in [0.25, 0.3) is 0 Å². The highest BCUT2D eigenvalue weighted by molar-refractivity contribution is 5.90. The first-order valence-corrected chi connectivity index (χ1v) is 9.10. The van der Waals surface area contributed by atoms with Crippen LogP contribution in [0.5, 0.6) is 34.5 Å². The Hall–Kier alpha value is -4.20. The minimum absolute atomic E-state index is 0.0364. The standard InChI is InChI=1S/C22H16N2O6/c25-17-7-21-19(27-11-29-21)5-13(17)9-23-15-3-1-2-4-16(15)24-10-14-6-20-22(8-18(14)26)30-12-28-20/h1-10,25-26H,11-12H2. The number of nitrogens with zero attached hydrogens (tertiary/aromatic N) is 2. The van der Waals surface area contributed by atoms with Crippen LogP contribution in [0.2, 0.25) is 0 Å². The van der Waals surface area contributed by atoms with E-state index in [9.17, 15) is 10.2 Å². The van der Waals surface area contributed by atoms with Gasteiger partial charge in [0, 0.05) is 35.7 Å². The van der Waals surface area contributed by atoms with E-state index in [1.165, 1.54) is 24.6 Å². The van der Waals surface area contributed by atoms with Gasteiger partial charge in [0.25, 0.3) is 0 Å². The predicted molar refractivity (Wildman–Crippen MR) is 109 cm³/mol. The van der Waals surface area contributed by atoms with E-state index < -0.39 is 0 Å². The number of ether oxygens (including phenoxy) is 4. The Bertz CT molecular complexity index is 1100. The van der Waals surface area contributed by atoms with E-state index in [1.54, 1.807) is 24.3 Å². The van der Waals surface area contributed by atoms with Crippen LogP contribution in [-0.2, 0) is 0 Å². The SMILES string of the molecule is Oc1cc2c(cc1C=Nc1ccccc1N=Cc1cc3c(cc1O)OCO3)OCO2. The van der Waals surface area contributed by atoms with Crippen LogP contribution in [0.1, 0.15) is 11.1 Å². The summed E-state index contributed by atoms with van der Waals surface area (Å²) < 4.78 is 21.2. The Morgan fingerprint density at radius 1 is 0.633 bits per heavy atom. The second-order valence-electron chi connectivity index (χ2n) is 6.53. The molecule has 0 bridgehead atoms. The third-order valence-electron chi connectivity index (χ3n) is 4.61. The first-order valence-electron chi connectivity index (χ1n) is 9.10. The number of hydrogen-bond acceptors (Lipinski definition) is 8. The third kappa shape index (κ3) is 3.35. The van der Waals surface area contributed by atoms with Gasteiger partial charge in [-0.1, -0.05) is 12.1 Å². The van der Waals surface area contributed by atoms with Crippen LogP contribution in [-0.4, -0.2) is 36.2 Å². The van der Waals surface area contributed by atoms with Crippen LogP contribution < -0.4 is 18.9 Å². The minimum atomic E-state index is 0.0364. The molecule has 0 unspecified atom stereocenters. The fourth-order valence-corrected chi connectivity index (χ4v) is 3.06. The van der Waals surface area contributed by atoms with E-state index in [1.807, 2.05) is 12.1 Å². The summed E-state index contributed by atoms with van der Waals surface area (Å²) in [5.74, 6) is 2.18. The van der Waals surface area contributed by atoms with Crippen molar-refractivity contribution in [3.8, 4) is 34.5 Å². The lowest BCUT2D eigenvalue weighted by Crippen LogP contribution is -1.92. The summed E-state index contributed by atoms with van der Waals surface area (Å²) in [7, 11) is 0. The lowest BCUT2D eigenvalue weighted by molar-refractivity contribution is 0.173. The number of phenolic OH excluding ortho intramolecular Hbond substituents is 2. The van der Waals surface area contributed by atoms with E-state index in [-0.39, 0.29) is 25.1 Å². The smallest absolute Gasteiger partial charge is 0.231 e. The topological polar surface area (TPSA) is 102 Å². The molecule has 8 nitrogen and oxygen atoms in total. The number of para-hydroxylation sites is 2. The van der Waals surface area contributed by atoms with E-state index in [2.05, 4.69) is 9.98 Å². The highest BCUT2D eigenvalue weighted by Gasteiger charge is 2.17. The summed E-state index contributed by atoms with van der Waals surface area (Å²) in [4.78, 5) is 8.91. The van der Waals surface area contributed by atoms with Crippen molar-refractivity contribution < 1.29 is 29.2 Å². The molecule has 0 saturated carbocycles. The zero-order valence-electron chi connectivity index (χ0n) is 15.6. The average Bonchev–Trinajstić information content (AvgIpc) is 3.39. The lowest BCUT2D eigenvalue weighted by atomic mass is 10.2. The van der Waals surface area contributed by atoms with Crippen LogP contribution in [0.4, 0.5) is 11.4 Å². The van der Waals surface area contributed by atoms with Crippen molar-refractivity contribution in [1.82, 2.24) is 0 Å². The summed E-state index contributed by atoms with van der Waals surface area (Å²) in [6.45, 7) is 0.249. The molecule has 3 aromatic carbocycles. The zero-order chi connectivity index (χ0) is 20.5. The molecular formula is C22H16N2O6. The fraction of sp³-hybridized carbons (Fsp3) is 0.0909. The molecule has 8 heteroatoms. The molecule has 5 rings (SSSR count). The second kappa shape index (κ2) is 7.32. The Morgan fingerprint density at radius 2 is 1.03 bits per heavy atom. The van der Waals surface area contributed by atoms with Crippen LogP contribution in [0.3, 0.4) is 0 Å². The number of fused-ring (bicyclic) bond motifs is 2. The number of aliphatic imine (C=N–C) groups is 2. The molecule has 3 aromatic rings. The molecule has 0 amide bonds. The predicted octanol–water partition coefficient (Wildman–Crippen LogP) is 4.06. The van der Waals surface area contributed by atoms with Crippen molar-refractivity contribution in [2.45, 2.75) is 0 Å². The van der Waals surface area contributed by atoms with Gasteiger partial charge in [-0.05, 0) is 24.3 Å². The van der Waals surface area contributed by atoms with Crippen molar-refractivity contribution in [1.29, 1.82) is 0 Å². The highest BCUT2D eigenvalue weighted by Crippen LogP contribution is 2.38. The molecule has 2 aliphatic heterocycles. The molecule has 0 aliphatic carbocycles. The maximum absolute atomic E-state index is 10.2. The van der Waals surface area contributed by atoms with E-state index in [0.717, 1.165) is 0 Å². The minimum Gasteiger partial charge on any atom is -0.507 e. The fourth-order valence-electron chi connectivity index (χ4n) is 3.06. The molecule has 0 saturated heterocycles. The van der Waals surface area contributed by atoms with Crippen LogP contribution in [0, 0.1) is 0 Å². The van der Waals surface area contributed by atoms with E-state index in [0.29, 0.717) is 45.5 Å². The molecule has 0 radical (unpaired) electrons. The van der Waals surface area contributed by atoms with Gasteiger partial charge in [0.05, 0.1) is 11.4 Å². The molecule has 0 spiro atoms. The highest BCUT2D eigenvalue weighted by atomic mass is 16.7. The van der Waals surface area contributed by atoms with Crippen LogP contribution >= 0.6 is 0 Å². The van der Waals surface area contributed by atoms with Crippen molar-refractivity contribution in [3.63, 3.8) is 0 Å². The number of hydrogen-bond donors (Lipinski definition) is 2. The average molecular weight is 404 g/mol. The molecule has 2 aliphatic rings. The first-order chi connectivity index (χ1) is 14.7. The Morgan fingerprint density at radius 3 is 1.47 bits per heavy atom. The maximum Gasteiger partial charge on any atom is 0.231 e. The van der Waals surface area contributed by atoms with E-state index >= 15 is 0 Å². The Labute approximate surface area is 171 Å². The number of benzene rings is 3. The van der Waals surface area contributed by atoms with Gasteiger partial charge in [-0.2, -0.15) is 0 Å². The summed E-state index contributed by atoms with van der Waals surface area (Å²) in [6, 6.07) is 13.6. The van der Waals surface area contributed by atoms with Crippen molar-refractivity contribution in [2.75, 3.05) is 13.6 Å². The Kier molecular flexibility index (Phi) is 4.36. The molecular weight excluding hydrogens is 388 g/mol. The summed E-state index contributed by atoms with van der Waals surface area (Å²) in [6.07, 6.45) is 3.06. The number of phenols is 2. The number of rotatable bonds is 4. The molecule has 0 fully saturated rings. The molecule has 2 heterocycles. The van der Waals surface area contributed by atoms with Gasteiger partial charge < -0.3 is 29.2 Å². The van der Waals surface area contributed by atoms with E-state index in [4.69, 9.17) is 18.9 Å².